The van der Waals surface area contributed by atoms with Crippen LogP contribution in [0.4, 0.5) is 0 Å². The Morgan fingerprint density at radius 3 is 2.54 bits per heavy atom. The Labute approximate surface area is 155 Å². The molecule has 0 unspecified atom stereocenters. The summed E-state index contributed by atoms with van der Waals surface area (Å²) in [6, 6.07) is 17.4. The minimum atomic E-state index is -3.49. The number of hydrogen-bond donors (Lipinski definition) is 1. The molecule has 1 aliphatic rings. The van der Waals surface area contributed by atoms with Gasteiger partial charge in [0.2, 0.25) is 15.9 Å². The minimum Gasteiger partial charge on any atom is -0.348 e. The summed E-state index contributed by atoms with van der Waals surface area (Å²) < 4.78 is 25.4. The van der Waals surface area contributed by atoms with Crippen molar-refractivity contribution in [1.29, 1.82) is 0 Å². The second kappa shape index (κ2) is 8.01. The van der Waals surface area contributed by atoms with Crippen molar-refractivity contribution in [3.05, 3.63) is 71.3 Å². The Morgan fingerprint density at radius 1 is 1.12 bits per heavy atom. The van der Waals surface area contributed by atoms with Gasteiger partial charge in [0, 0.05) is 6.54 Å². The van der Waals surface area contributed by atoms with Crippen molar-refractivity contribution < 1.29 is 13.2 Å². The van der Waals surface area contributed by atoms with Gasteiger partial charge < -0.3 is 5.32 Å². The lowest BCUT2D eigenvalue weighted by atomic mass is 9.88. The van der Waals surface area contributed by atoms with E-state index in [0.29, 0.717) is 0 Å². The van der Waals surface area contributed by atoms with Crippen LogP contribution in [0.5, 0.6) is 0 Å². The highest BCUT2D eigenvalue weighted by Gasteiger charge is 2.25. The Balaban J connectivity index is 1.69. The molecule has 0 radical (unpaired) electrons. The molecule has 1 amide bonds. The molecule has 1 aliphatic carbocycles. The third-order valence-electron chi connectivity index (χ3n) is 4.70. The predicted molar refractivity (Wildman–Crippen MR) is 102 cm³/mol. The molecule has 5 nitrogen and oxygen atoms in total. The lowest BCUT2D eigenvalue weighted by molar-refractivity contribution is -0.122. The van der Waals surface area contributed by atoms with Crippen LogP contribution in [-0.4, -0.2) is 31.4 Å². The zero-order valence-corrected chi connectivity index (χ0v) is 15.7. The molecule has 0 saturated carbocycles. The first-order chi connectivity index (χ1) is 12.4. The Hall–Kier alpha value is -2.18. The van der Waals surface area contributed by atoms with Gasteiger partial charge in [0.1, 0.15) is 0 Å². The van der Waals surface area contributed by atoms with Crippen molar-refractivity contribution in [2.24, 2.45) is 0 Å². The number of carbonyl (C=O) groups is 1. The number of benzene rings is 2. The molecule has 0 aromatic heterocycles. The van der Waals surface area contributed by atoms with Crippen LogP contribution in [-0.2, 0) is 27.8 Å². The topological polar surface area (TPSA) is 66.5 Å². The number of nitrogens with zero attached hydrogens (tertiary/aromatic N) is 1. The molecule has 0 bridgehead atoms. The van der Waals surface area contributed by atoms with E-state index in [1.807, 2.05) is 48.5 Å². The highest BCUT2D eigenvalue weighted by atomic mass is 32.2. The molecule has 1 N–H and O–H groups in total. The lowest BCUT2D eigenvalue weighted by Crippen LogP contribution is -2.41. The maximum atomic E-state index is 12.6. The number of amides is 1. The van der Waals surface area contributed by atoms with Gasteiger partial charge in [-0.15, -0.1) is 0 Å². The van der Waals surface area contributed by atoms with Crippen LogP contribution in [0.3, 0.4) is 0 Å². The van der Waals surface area contributed by atoms with Gasteiger partial charge in [0.25, 0.3) is 0 Å². The molecule has 6 heteroatoms. The Morgan fingerprint density at radius 2 is 1.81 bits per heavy atom. The number of fused-ring (bicyclic) bond motifs is 1. The van der Waals surface area contributed by atoms with E-state index >= 15 is 0 Å². The van der Waals surface area contributed by atoms with Gasteiger partial charge in [-0.1, -0.05) is 54.6 Å². The van der Waals surface area contributed by atoms with Crippen LogP contribution in [0.2, 0.25) is 0 Å². The first-order valence-corrected chi connectivity index (χ1v) is 10.6. The van der Waals surface area contributed by atoms with Crippen LogP contribution in [0.15, 0.2) is 54.6 Å². The summed E-state index contributed by atoms with van der Waals surface area (Å²) in [6.45, 7) is 0.0146. The summed E-state index contributed by atoms with van der Waals surface area (Å²) in [5.74, 6) is -0.270. The largest absolute Gasteiger partial charge is 0.348 e. The van der Waals surface area contributed by atoms with Crippen molar-refractivity contribution in [2.45, 2.75) is 31.8 Å². The molecule has 0 spiro atoms. The summed E-state index contributed by atoms with van der Waals surface area (Å²) >= 11 is 0. The van der Waals surface area contributed by atoms with Gasteiger partial charge >= 0.3 is 0 Å². The molecule has 0 saturated heterocycles. The molecular weight excluding hydrogens is 348 g/mol. The molecule has 3 rings (SSSR count). The molecular formula is C20H24N2O3S. The highest BCUT2D eigenvalue weighted by Crippen LogP contribution is 2.29. The smallest absolute Gasteiger partial charge is 0.235 e. The van der Waals surface area contributed by atoms with Crippen molar-refractivity contribution in [3.63, 3.8) is 0 Å². The molecule has 0 aliphatic heterocycles. The van der Waals surface area contributed by atoms with E-state index < -0.39 is 10.0 Å². The van der Waals surface area contributed by atoms with Crippen LogP contribution >= 0.6 is 0 Å². The second-order valence-corrected chi connectivity index (χ2v) is 8.71. The molecule has 26 heavy (non-hydrogen) atoms. The summed E-state index contributed by atoms with van der Waals surface area (Å²) in [6.07, 6.45) is 4.05. The van der Waals surface area contributed by atoms with Gasteiger partial charge in [-0.25, -0.2) is 8.42 Å². The highest BCUT2D eigenvalue weighted by molar-refractivity contribution is 7.88. The quantitative estimate of drug-likeness (QED) is 0.848. The average Bonchev–Trinajstić information content (AvgIpc) is 2.61. The van der Waals surface area contributed by atoms with Crippen LogP contribution in [0.25, 0.3) is 0 Å². The number of hydrogen-bond acceptors (Lipinski definition) is 3. The van der Waals surface area contributed by atoms with E-state index in [0.717, 1.165) is 36.6 Å². The monoisotopic (exact) mass is 372 g/mol. The van der Waals surface area contributed by atoms with Gasteiger partial charge in [-0.3, -0.25) is 4.79 Å². The minimum absolute atomic E-state index is 0.0504. The zero-order chi connectivity index (χ0) is 18.6. The Kier molecular flexibility index (Phi) is 5.74. The van der Waals surface area contributed by atoms with Crippen LogP contribution < -0.4 is 5.32 Å². The molecule has 0 fully saturated rings. The summed E-state index contributed by atoms with van der Waals surface area (Å²) in [5.41, 5.74) is 3.25. The zero-order valence-electron chi connectivity index (χ0n) is 14.9. The van der Waals surface area contributed by atoms with E-state index in [-0.39, 0.29) is 25.0 Å². The number of aryl methyl sites for hydroxylation is 1. The molecule has 2 aromatic rings. The van der Waals surface area contributed by atoms with E-state index in [1.54, 1.807) is 0 Å². The number of sulfonamides is 1. The maximum absolute atomic E-state index is 12.6. The fourth-order valence-corrected chi connectivity index (χ4v) is 4.12. The van der Waals surface area contributed by atoms with E-state index in [1.165, 1.54) is 9.87 Å². The fraction of sp³-hybridized carbons (Fsp3) is 0.350. The van der Waals surface area contributed by atoms with Gasteiger partial charge in [0.05, 0.1) is 18.8 Å². The van der Waals surface area contributed by atoms with Crippen molar-refractivity contribution in [1.82, 2.24) is 9.62 Å². The molecule has 2 aromatic carbocycles. The van der Waals surface area contributed by atoms with E-state index in [4.69, 9.17) is 0 Å². The summed E-state index contributed by atoms with van der Waals surface area (Å²) in [7, 11) is -3.49. The molecule has 0 heterocycles. The first kappa shape index (κ1) is 18.6. The molecule has 1 atom stereocenters. The third kappa shape index (κ3) is 4.71. The van der Waals surface area contributed by atoms with Gasteiger partial charge in [-0.05, 0) is 36.0 Å². The van der Waals surface area contributed by atoms with Crippen LogP contribution in [0, 0.1) is 0 Å². The number of rotatable bonds is 6. The van der Waals surface area contributed by atoms with E-state index in [2.05, 4.69) is 11.4 Å². The van der Waals surface area contributed by atoms with Gasteiger partial charge in [0.15, 0.2) is 0 Å². The van der Waals surface area contributed by atoms with Gasteiger partial charge in [-0.2, -0.15) is 4.31 Å². The van der Waals surface area contributed by atoms with E-state index in [9.17, 15) is 13.2 Å². The normalized spacial score (nSPS) is 16.9. The van der Waals surface area contributed by atoms with Crippen molar-refractivity contribution in [2.75, 3.05) is 12.8 Å². The first-order valence-electron chi connectivity index (χ1n) is 8.80. The number of nitrogens with one attached hydrogen (secondary N) is 1. The maximum Gasteiger partial charge on any atom is 0.235 e. The second-order valence-electron chi connectivity index (χ2n) is 6.73. The predicted octanol–water partition coefficient (Wildman–Crippen LogP) is 2.64. The molecule has 138 valence electrons. The summed E-state index contributed by atoms with van der Waals surface area (Å²) in [5, 5.41) is 3.02. The SMILES string of the molecule is CS(=O)(=O)N(CC(=O)N[C@H]1CCCc2ccccc21)Cc1ccccc1. The third-order valence-corrected chi connectivity index (χ3v) is 5.89. The van der Waals surface area contributed by atoms with Crippen molar-refractivity contribution >= 4 is 15.9 Å². The average molecular weight is 372 g/mol. The number of carbonyl (C=O) groups excluding carboxylic acids is 1. The fourth-order valence-electron chi connectivity index (χ4n) is 3.38. The lowest BCUT2D eigenvalue weighted by Gasteiger charge is -2.27. The van der Waals surface area contributed by atoms with Crippen molar-refractivity contribution in [3.8, 4) is 0 Å². The summed E-state index contributed by atoms with van der Waals surface area (Å²) in [4.78, 5) is 12.6. The standard InChI is InChI=1S/C20H24N2O3S/c1-26(24,25)22(14-16-8-3-2-4-9-16)15-20(23)21-19-13-7-11-17-10-5-6-12-18(17)19/h2-6,8-10,12,19H,7,11,13-15H2,1H3,(H,21,23)/t19-/m0/s1. The Bertz CT molecular complexity index is 866. The van der Waals surface area contributed by atoms with Crippen LogP contribution in [0.1, 0.15) is 35.6 Å².